The minimum atomic E-state index is -1.10. The van der Waals surface area contributed by atoms with Crippen molar-refractivity contribution in [3.05, 3.63) is 52.7 Å². The van der Waals surface area contributed by atoms with Crippen LogP contribution in [0, 0.1) is 6.92 Å². The van der Waals surface area contributed by atoms with Crippen molar-refractivity contribution in [1.82, 2.24) is 4.98 Å². The molecule has 0 saturated heterocycles. The van der Waals surface area contributed by atoms with E-state index in [-0.39, 0.29) is 11.3 Å². The highest BCUT2D eigenvalue weighted by atomic mass is 35.5. The Balaban J connectivity index is 2.41. The summed E-state index contributed by atoms with van der Waals surface area (Å²) in [5, 5.41) is 9.42. The van der Waals surface area contributed by atoms with Crippen molar-refractivity contribution in [1.29, 1.82) is 0 Å². The zero-order valence-corrected chi connectivity index (χ0v) is 10.3. The Labute approximate surface area is 109 Å². The zero-order valence-electron chi connectivity index (χ0n) is 9.55. The first-order chi connectivity index (χ1) is 8.58. The van der Waals surface area contributed by atoms with E-state index in [0.717, 1.165) is 5.56 Å². The summed E-state index contributed by atoms with van der Waals surface area (Å²) in [6.45, 7) is 1.83. The highest BCUT2D eigenvalue weighted by Gasteiger charge is 2.13. The van der Waals surface area contributed by atoms with Gasteiger partial charge in [0, 0.05) is 16.8 Å². The first-order valence-electron chi connectivity index (χ1n) is 5.20. The molecule has 2 rings (SSSR count). The fourth-order valence-electron chi connectivity index (χ4n) is 1.44. The fourth-order valence-corrected chi connectivity index (χ4v) is 1.61. The fraction of sp³-hybridized carbons (Fsp3) is 0.0769. The van der Waals surface area contributed by atoms with E-state index in [1.54, 1.807) is 18.3 Å². The van der Waals surface area contributed by atoms with Gasteiger partial charge in [0.05, 0.1) is 0 Å². The average Bonchev–Trinajstić information content (AvgIpc) is 2.34. The van der Waals surface area contributed by atoms with Crippen LogP contribution in [0.4, 0.5) is 0 Å². The highest BCUT2D eigenvalue weighted by Crippen LogP contribution is 2.28. The minimum Gasteiger partial charge on any atom is -0.478 e. The first-order valence-corrected chi connectivity index (χ1v) is 5.58. The molecule has 0 bridgehead atoms. The molecule has 0 amide bonds. The van der Waals surface area contributed by atoms with Crippen molar-refractivity contribution in [2.24, 2.45) is 0 Å². The molecule has 0 spiro atoms. The van der Waals surface area contributed by atoms with Gasteiger partial charge in [0.15, 0.2) is 0 Å². The third kappa shape index (κ3) is 2.60. The predicted molar refractivity (Wildman–Crippen MR) is 67.5 cm³/mol. The lowest BCUT2D eigenvalue weighted by Crippen LogP contribution is -2.01. The maximum Gasteiger partial charge on any atom is 0.339 e. The van der Waals surface area contributed by atoms with E-state index in [1.807, 2.05) is 13.0 Å². The van der Waals surface area contributed by atoms with E-state index < -0.39 is 5.97 Å². The molecule has 1 aromatic heterocycles. The molecule has 2 aromatic rings. The van der Waals surface area contributed by atoms with Crippen LogP contribution in [0.5, 0.6) is 11.6 Å². The highest BCUT2D eigenvalue weighted by molar-refractivity contribution is 6.31. The van der Waals surface area contributed by atoms with Crippen molar-refractivity contribution in [2.45, 2.75) is 6.92 Å². The summed E-state index contributed by atoms with van der Waals surface area (Å²) >= 11 is 5.76. The van der Waals surface area contributed by atoms with Crippen LogP contribution in [0.15, 0.2) is 36.5 Å². The van der Waals surface area contributed by atoms with Gasteiger partial charge in [-0.25, -0.2) is 9.78 Å². The lowest BCUT2D eigenvalue weighted by atomic mass is 10.2. The molecule has 1 aromatic carbocycles. The second-order valence-electron chi connectivity index (χ2n) is 3.67. The molecule has 0 saturated carbocycles. The van der Waals surface area contributed by atoms with Gasteiger partial charge in [0.2, 0.25) is 5.88 Å². The van der Waals surface area contributed by atoms with E-state index >= 15 is 0 Å². The second kappa shape index (κ2) is 5.06. The van der Waals surface area contributed by atoms with Crippen LogP contribution in [0.3, 0.4) is 0 Å². The van der Waals surface area contributed by atoms with Crippen molar-refractivity contribution in [3.8, 4) is 11.6 Å². The molecule has 1 N–H and O–H groups in total. The first kappa shape index (κ1) is 12.4. The number of carboxylic acids is 1. The number of benzene rings is 1. The number of ether oxygens (including phenoxy) is 1. The van der Waals surface area contributed by atoms with Gasteiger partial charge >= 0.3 is 5.97 Å². The third-order valence-electron chi connectivity index (χ3n) is 2.34. The average molecular weight is 264 g/mol. The SMILES string of the molecule is Cc1cccnc1Oc1ccc(Cl)cc1C(=O)O. The summed E-state index contributed by atoms with van der Waals surface area (Å²) in [4.78, 5) is 15.1. The molecule has 0 atom stereocenters. The summed E-state index contributed by atoms with van der Waals surface area (Å²) in [7, 11) is 0. The Bertz CT molecular complexity index is 599. The van der Waals surface area contributed by atoms with Crippen molar-refractivity contribution < 1.29 is 14.6 Å². The van der Waals surface area contributed by atoms with E-state index in [1.165, 1.54) is 12.1 Å². The van der Waals surface area contributed by atoms with E-state index in [0.29, 0.717) is 10.9 Å². The number of carbonyl (C=O) groups is 1. The summed E-state index contributed by atoms with van der Waals surface area (Å²) in [6, 6.07) is 8.04. The van der Waals surface area contributed by atoms with Crippen LogP contribution in [0.1, 0.15) is 15.9 Å². The van der Waals surface area contributed by atoms with Crippen LogP contribution < -0.4 is 4.74 Å². The van der Waals surface area contributed by atoms with Crippen molar-refractivity contribution in [2.75, 3.05) is 0 Å². The third-order valence-corrected chi connectivity index (χ3v) is 2.58. The van der Waals surface area contributed by atoms with Crippen LogP contribution >= 0.6 is 11.6 Å². The standard InChI is InChI=1S/C13H10ClNO3/c1-8-3-2-6-15-12(8)18-11-5-4-9(14)7-10(11)13(16)17/h2-7H,1H3,(H,16,17). The predicted octanol–water partition coefficient (Wildman–Crippen LogP) is 3.53. The number of halogens is 1. The molecule has 0 aliphatic carbocycles. The molecular weight excluding hydrogens is 254 g/mol. The van der Waals surface area contributed by atoms with E-state index in [9.17, 15) is 4.79 Å². The number of hydrogen-bond acceptors (Lipinski definition) is 3. The monoisotopic (exact) mass is 263 g/mol. The van der Waals surface area contributed by atoms with Gasteiger partial charge in [0.25, 0.3) is 0 Å². The number of carboxylic acid groups (broad SMARTS) is 1. The number of aryl methyl sites for hydroxylation is 1. The minimum absolute atomic E-state index is 0.00699. The molecule has 1 heterocycles. The van der Waals surface area contributed by atoms with Gasteiger partial charge in [0.1, 0.15) is 11.3 Å². The van der Waals surface area contributed by atoms with Crippen LogP contribution in [-0.4, -0.2) is 16.1 Å². The largest absolute Gasteiger partial charge is 0.478 e. The maximum atomic E-state index is 11.1. The topological polar surface area (TPSA) is 59.4 Å². The number of hydrogen-bond donors (Lipinski definition) is 1. The normalized spacial score (nSPS) is 10.1. The number of aromatic nitrogens is 1. The number of aromatic carboxylic acids is 1. The number of rotatable bonds is 3. The van der Waals surface area contributed by atoms with Gasteiger partial charge in [-0.05, 0) is 31.2 Å². The summed E-state index contributed by atoms with van der Waals surface area (Å²) < 4.78 is 5.51. The Morgan fingerprint density at radius 1 is 1.39 bits per heavy atom. The van der Waals surface area contributed by atoms with Crippen molar-refractivity contribution in [3.63, 3.8) is 0 Å². The van der Waals surface area contributed by atoms with Crippen LogP contribution in [-0.2, 0) is 0 Å². The Morgan fingerprint density at radius 2 is 2.17 bits per heavy atom. The molecule has 5 heteroatoms. The van der Waals surface area contributed by atoms with E-state index in [4.69, 9.17) is 21.4 Å². The van der Waals surface area contributed by atoms with Crippen molar-refractivity contribution >= 4 is 17.6 Å². The molecule has 18 heavy (non-hydrogen) atoms. The number of pyridine rings is 1. The van der Waals surface area contributed by atoms with Gasteiger partial charge in [-0.3, -0.25) is 0 Å². The number of nitrogens with zero attached hydrogens (tertiary/aromatic N) is 1. The molecular formula is C13H10ClNO3. The quantitative estimate of drug-likeness (QED) is 0.920. The molecule has 0 unspecified atom stereocenters. The summed E-state index contributed by atoms with van der Waals surface area (Å²) in [5.74, 6) is -0.503. The Hall–Kier alpha value is -2.07. The smallest absolute Gasteiger partial charge is 0.339 e. The molecule has 0 fully saturated rings. The van der Waals surface area contributed by atoms with Gasteiger partial charge in [-0.15, -0.1) is 0 Å². The van der Waals surface area contributed by atoms with Gasteiger partial charge in [-0.1, -0.05) is 17.7 Å². The van der Waals surface area contributed by atoms with E-state index in [2.05, 4.69) is 4.98 Å². The lowest BCUT2D eigenvalue weighted by molar-refractivity contribution is 0.0694. The summed E-state index contributed by atoms with van der Waals surface area (Å²) in [6.07, 6.45) is 1.58. The zero-order chi connectivity index (χ0) is 13.1. The molecule has 92 valence electrons. The molecule has 0 radical (unpaired) electrons. The van der Waals surface area contributed by atoms with Gasteiger partial charge < -0.3 is 9.84 Å². The Kier molecular flexibility index (Phi) is 3.48. The van der Waals surface area contributed by atoms with Crippen LogP contribution in [0.25, 0.3) is 0 Å². The van der Waals surface area contributed by atoms with Gasteiger partial charge in [-0.2, -0.15) is 0 Å². The maximum absolute atomic E-state index is 11.1. The van der Waals surface area contributed by atoms with Crippen LogP contribution in [0.2, 0.25) is 5.02 Å². The summed E-state index contributed by atoms with van der Waals surface area (Å²) in [5.41, 5.74) is 0.830. The lowest BCUT2D eigenvalue weighted by Gasteiger charge is -2.09. The molecule has 0 aliphatic rings. The second-order valence-corrected chi connectivity index (χ2v) is 4.11. The molecule has 4 nitrogen and oxygen atoms in total. The molecule has 0 aliphatic heterocycles. The Morgan fingerprint density at radius 3 is 2.83 bits per heavy atom.